The highest BCUT2D eigenvalue weighted by Gasteiger charge is 2.19. The number of nitrogens with zero attached hydrogens (tertiary/aromatic N) is 3. The first kappa shape index (κ1) is 29.0. The molecule has 0 amide bonds. The predicted molar refractivity (Wildman–Crippen MR) is 209 cm³/mol. The minimum absolute atomic E-state index is 0.608. The van der Waals surface area contributed by atoms with Crippen molar-refractivity contribution in [2.75, 3.05) is 0 Å². The summed E-state index contributed by atoms with van der Waals surface area (Å²) >= 11 is 0. The van der Waals surface area contributed by atoms with Crippen LogP contribution < -0.4 is 0 Å². The molecule has 0 aliphatic rings. The second-order valence-electron chi connectivity index (χ2n) is 12.8. The summed E-state index contributed by atoms with van der Waals surface area (Å²) < 4.78 is 6.77. The van der Waals surface area contributed by atoms with Gasteiger partial charge in [-0.25, -0.2) is 15.0 Å². The third kappa shape index (κ3) is 5.04. The van der Waals surface area contributed by atoms with Gasteiger partial charge in [0.25, 0.3) is 0 Å². The van der Waals surface area contributed by atoms with Crippen molar-refractivity contribution in [2.45, 2.75) is 0 Å². The summed E-state index contributed by atoms with van der Waals surface area (Å²) in [5, 5.41) is 6.81. The van der Waals surface area contributed by atoms with Crippen molar-refractivity contribution in [1.29, 1.82) is 0 Å². The van der Waals surface area contributed by atoms with E-state index in [2.05, 4.69) is 133 Å². The van der Waals surface area contributed by atoms with Gasteiger partial charge in [0.05, 0.1) is 0 Å². The Morgan fingerprint density at radius 1 is 0.333 bits per heavy atom. The number of benzene rings is 8. The molecule has 0 N–H and O–H groups in total. The summed E-state index contributed by atoms with van der Waals surface area (Å²) in [6, 6.07) is 61.0. The van der Waals surface area contributed by atoms with Crippen molar-refractivity contribution < 1.29 is 4.42 Å². The van der Waals surface area contributed by atoms with Crippen LogP contribution in [0.3, 0.4) is 0 Å². The molecule has 4 heteroatoms. The van der Waals surface area contributed by atoms with Crippen LogP contribution in [0.1, 0.15) is 0 Å². The second kappa shape index (κ2) is 11.9. The molecule has 8 aromatic carbocycles. The molecule has 0 fully saturated rings. The molecule has 238 valence electrons. The third-order valence-corrected chi connectivity index (χ3v) is 9.72. The van der Waals surface area contributed by atoms with E-state index in [9.17, 15) is 0 Å². The maximum atomic E-state index is 6.77. The Hall–Kier alpha value is -6.91. The lowest BCUT2D eigenvalue weighted by Gasteiger charge is -2.10. The first-order valence-electron chi connectivity index (χ1n) is 17.1. The summed E-state index contributed by atoms with van der Waals surface area (Å²) in [6.07, 6.45) is 0. The van der Waals surface area contributed by atoms with E-state index >= 15 is 0 Å². The van der Waals surface area contributed by atoms with Gasteiger partial charge >= 0.3 is 0 Å². The number of fused-ring (bicyclic) bond motifs is 6. The highest BCUT2D eigenvalue weighted by atomic mass is 16.3. The predicted octanol–water partition coefficient (Wildman–Crippen LogP) is 12.4. The van der Waals surface area contributed by atoms with Crippen molar-refractivity contribution in [3.05, 3.63) is 176 Å². The van der Waals surface area contributed by atoms with Crippen molar-refractivity contribution in [3.8, 4) is 56.4 Å². The van der Waals surface area contributed by atoms with E-state index in [1.54, 1.807) is 0 Å². The number of furan rings is 1. The van der Waals surface area contributed by atoms with Crippen molar-refractivity contribution in [1.82, 2.24) is 15.0 Å². The molecule has 0 saturated heterocycles. The smallest absolute Gasteiger partial charge is 0.164 e. The topological polar surface area (TPSA) is 51.8 Å². The Bertz CT molecular complexity index is 2890. The van der Waals surface area contributed by atoms with Crippen LogP contribution in [0.2, 0.25) is 0 Å². The summed E-state index contributed by atoms with van der Waals surface area (Å²) in [5.74, 6) is 1.86. The minimum atomic E-state index is 0.608. The van der Waals surface area contributed by atoms with Crippen molar-refractivity contribution in [3.63, 3.8) is 0 Å². The highest BCUT2D eigenvalue weighted by Crippen LogP contribution is 2.43. The Morgan fingerprint density at radius 2 is 0.863 bits per heavy atom. The largest absolute Gasteiger partial charge is 0.455 e. The SMILES string of the molecule is c1ccc(-c2ccc(-c3nc(-c4ccccc4)nc(-c4ccc5oc6c(-c7cccc8ccccc78)cc7ccccc7c6c5c4)n3)cc2)cc1. The number of hydrogen-bond acceptors (Lipinski definition) is 4. The first-order valence-corrected chi connectivity index (χ1v) is 17.1. The van der Waals surface area contributed by atoms with Crippen LogP contribution in [-0.4, -0.2) is 15.0 Å². The molecule has 0 atom stereocenters. The van der Waals surface area contributed by atoms with Gasteiger partial charge in [-0.2, -0.15) is 0 Å². The molecule has 4 nitrogen and oxygen atoms in total. The second-order valence-corrected chi connectivity index (χ2v) is 12.8. The van der Waals surface area contributed by atoms with E-state index in [0.29, 0.717) is 17.5 Å². The van der Waals surface area contributed by atoms with Gasteiger partial charge in [-0.1, -0.05) is 152 Å². The lowest BCUT2D eigenvalue weighted by molar-refractivity contribution is 0.670. The molecule has 2 aromatic heterocycles. The molecule has 0 spiro atoms. The quantitative estimate of drug-likeness (QED) is 0.186. The van der Waals surface area contributed by atoms with E-state index in [4.69, 9.17) is 19.4 Å². The van der Waals surface area contributed by atoms with E-state index in [0.717, 1.165) is 66.1 Å². The molecule has 0 bridgehead atoms. The Kier molecular flexibility index (Phi) is 6.78. The van der Waals surface area contributed by atoms with Crippen LogP contribution in [0.15, 0.2) is 180 Å². The molecular formula is C47H29N3O. The lowest BCUT2D eigenvalue weighted by Crippen LogP contribution is -2.00. The fourth-order valence-electron chi connectivity index (χ4n) is 7.22. The van der Waals surface area contributed by atoms with Gasteiger partial charge in [0, 0.05) is 33.0 Å². The maximum absolute atomic E-state index is 6.77. The normalized spacial score (nSPS) is 11.5. The minimum Gasteiger partial charge on any atom is -0.455 e. The van der Waals surface area contributed by atoms with E-state index in [-0.39, 0.29) is 0 Å². The fourth-order valence-corrected chi connectivity index (χ4v) is 7.22. The van der Waals surface area contributed by atoms with Crippen LogP contribution in [0.4, 0.5) is 0 Å². The molecule has 2 heterocycles. The molecule has 0 radical (unpaired) electrons. The molecule has 0 unspecified atom stereocenters. The number of hydrogen-bond donors (Lipinski definition) is 0. The van der Waals surface area contributed by atoms with Crippen LogP contribution in [0.25, 0.3) is 99.9 Å². The molecule has 0 saturated carbocycles. The molecule has 0 aliphatic carbocycles. The van der Waals surface area contributed by atoms with Crippen LogP contribution in [0, 0.1) is 0 Å². The van der Waals surface area contributed by atoms with Crippen LogP contribution in [0.5, 0.6) is 0 Å². The van der Waals surface area contributed by atoms with E-state index in [1.165, 1.54) is 16.3 Å². The number of rotatable bonds is 5. The van der Waals surface area contributed by atoms with Gasteiger partial charge in [-0.05, 0) is 62.5 Å². The van der Waals surface area contributed by atoms with Gasteiger partial charge in [0.2, 0.25) is 0 Å². The van der Waals surface area contributed by atoms with Gasteiger partial charge in [-0.15, -0.1) is 0 Å². The average molecular weight is 652 g/mol. The Balaban J connectivity index is 1.18. The van der Waals surface area contributed by atoms with Gasteiger partial charge in [0.1, 0.15) is 11.2 Å². The molecule has 10 aromatic rings. The first-order chi connectivity index (χ1) is 25.3. The summed E-state index contributed by atoms with van der Waals surface area (Å²) in [5.41, 5.74) is 8.98. The molecular weight excluding hydrogens is 623 g/mol. The Morgan fingerprint density at radius 3 is 1.61 bits per heavy atom. The van der Waals surface area contributed by atoms with E-state index in [1.807, 2.05) is 42.5 Å². The highest BCUT2D eigenvalue weighted by molar-refractivity contribution is 6.24. The third-order valence-electron chi connectivity index (χ3n) is 9.72. The average Bonchev–Trinajstić information content (AvgIpc) is 3.60. The zero-order valence-corrected chi connectivity index (χ0v) is 27.5. The lowest BCUT2D eigenvalue weighted by atomic mass is 9.93. The van der Waals surface area contributed by atoms with Crippen molar-refractivity contribution >= 4 is 43.5 Å². The van der Waals surface area contributed by atoms with Gasteiger partial charge in [-0.3, -0.25) is 0 Å². The summed E-state index contributed by atoms with van der Waals surface area (Å²) in [4.78, 5) is 15.1. The van der Waals surface area contributed by atoms with E-state index < -0.39 is 0 Å². The zero-order chi connectivity index (χ0) is 33.7. The summed E-state index contributed by atoms with van der Waals surface area (Å²) in [7, 11) is 0. The number of aromatic nitrogens is 3. The fraction of sp³-hybridized carbons (Fsp3) is 0. The summed E-state index contributed by atoms with van der Waals surface area (Å²) in [6.45, 7) is 0. The van der Waals surface area contributed by atoms with Crippen molar-refractivity contribution in [2.24, 2.45) is 0 Å². The standard InChI is InChI=1S/C47H29N3O/c1-3-12-30(13-4-1)31-22-24-34(25-23-31)46-48-45(33-15-5-2-6-16-33)49-47(50-46)36-26-27-42-41(29-36)43-38-20-10-8-17-35(38)28-40(44(43)51-42)39-21-11-18-32-14-7-9-19-37(32)39/h1-29H. The molecule has 10 rings (SSSR count). The maximum Gasteiger partial charge on any atom is 0.164 e. The zero-order valence-electron chi connectivity index (χ0n) is 27.5. The van der Waals surface area contributed by atoms with Gasteiger partial charge < -0.3 is 4.42 Å². The van der Waals surface area contributed by atoms with Gasteiger partial charge in [0.15, 0.2) is 17.5 Å². The molecule has 51 heavy (non-hydrogen) atoms. The monoisotopic (exact) mass is 651 g/mol. The Labute approximate surface area is 294 Å². The molecule has 0 aliphatic heterocycles. The van der Waals surface area contributed by atoms with Crippen LogP contribution in [-0.2, 0) is 0 Å². The van der Waals surface area contributed by atoms with Crippen LogP contribution >= 0.6 is 0 Å².